The fourth-order valence-corrected chi connectivity index (χ4v) is 2.58. The number of aromatic nitrogens is 1. The van der Waals surface area contributed by atoms with Gasteiger partial charge in [0.25, 0.3) is 0 Å². The minimum atomic E-state index is -0.0666. The van der Waals surface area contributed by atoms with Crippen molar-refractivity contribution >= 4 is 40.2 Å². The maximum atomic E-state index is 11.0. The number of nitrogens with one attached hydrogen (secondary N) is 2. The molecule has 4 nitrogen and oxygen atoms in total. The van der Waals surface area contributed by atoms with E-state index < -0.39 is 0 Å². The molecule has 0 bridgehead atoms. The van der Waals surface area contributed by atoms with Crippen molar-refractivity contribution in [3.8, 4) is 0 Å². The van der Waals surface area contributed by atoms with Gasteiger partial charge in [-0.1, -0.05) is 11.6 Å². The molecular formula is C13H14ClN3OS. The average molecular weight is 296 g/mol. The number of carbonyl (C=O) groups excluding carboxylic acids is 1. The second kappa shape index (κ2) is 6.04. The van der Waals surface area contributed by atoms with Crippen molar-refractivity contribution in [2.75, 3.05) is 10.6 Å². The minimum absolute atomic E-state index is 0.0666. The Bertz CT molecular complexity index is 597. The molecule has 1 aromatic heterocycles. The lowest BCUT2D eigenvalue weighted by Crippen LogP contribution is -2.07. The lowest BCUT2D eigenvalue weighted by atomic mass is 10.1. The van der Waals surface area contributed by atoms with Crippen LogP contribution in [-0.2, 0) is 11.3 Å². The van der Waals surface area contributed by atoms with Crippen LogP contribution in [0.2, 0.25) is 4.47 Å². The van der Waals surface area contributed by atoms with Gasteiger partial charge >= 0.3 is 0 Å². The smallest absolute Gasteiger partial charge is 0.221 e. The summed E-state index contributed by atoms with van der Waals surface area (Å²) in [7, 11) is 0. The summed E-state index contributed by atoms with van der Waals surface area (Å²) in [4.78, 5) is 16.1. The first-order valence-corrected chi connectivity index (χ1v) is 6.96. The molecule has 2 aromatic rings. The predicted molar refractivity (Wildman–Crippen MR) is 79.9 cm³/mol. The van der Waals surface area contributed by atoms with Crippen molar-refractivity contribution in [2.24, 2.45) is 0 Å². The topological polar surface area (TPSA) is 54.0 Å². The van der Waals surface area contributed by atoms with Crippen LogP contribution < -0.4 is 10.6 Å². The number of carbonyl (C=O) groups is 1. The first kappa shape index (κ1) is 13.8. The van der Waals surface area contributed by atoms with Gasteiger partial charge in [-0.25, -0.2) is 4.98 Å². The second-order valence-electron chi connectivity index (χ2n) is 4.14. The van der Waals surface area contributed by atoms with Gasteiger partial charge in [0.2, 0.25) is 5.91 Å². The van der Waals surface area contributed by atoms with Crippen LogP contribution in [0.4, 0.5) is 11.4 Å². The van der Waals surface area contributed by atoms with Crippen molar-refractivity contribution in [2.45, 2.75) is 20.4 Å². The van der Waals surface area contributed by atoms with E-state index in [0.29, 0.717) is 11.0 Å². The van der Waals surface area contributed by atoms with Gasteiger partial charge in [0.1, 0.15) is 0 Å². The van der Waals surface area contributed by atoms with Gasteiger partial charge in [0, 0.05) is 29.4 Å². The van der Waals surface area contributed by atoms with Crippen molar-refractivity contribution in [1.82, 2.24) is 4.98 Å². The fourth-order valence-electron chi connectivity index (χ4n) is 1.66. The van der Waals surface area contributed by atoms with Gasteiger partial charge in [-0.3, -0.25) is 4.79 Å². The molecule has 6 heteroatoms. The normalized spacial score (nSPS) is 10.3. The highest BCUT2D eigenvalue weighted by molar-refractivity contribution is 7.15. The number of thiazole rings is 1. The molecule has 1 heterocycles. The molecule has 0 atom stereocenters. The van der Waals surface area contributed by atoms with Crippen LogP contribution in [-0.4, -0.2) is 10.9 Å². The molecule has 1 amide bonds. The van der Waals surface area contributed by atoms with Gasteiger partial charge in [-0.2, -0.15) is 0 Å². The zero-order chi connectivity index (χ0) is 13.8. The Morgan fingerprint density at radius 1 is 1.47 bits per heavy atom. The summed E-state index contributed by atoms with van der Waals surface area (Å²) in [5.74, 6) is -0.0666. The molecule has 0 saturated carbocycles. The Kier molecular flexibility index (Phi) is 4.39. The van der Waals surface area contributed by atoms with Crippen LogP contribution in [0.15, 0.2) is 24.4 Å². The number of rotatable bonds is 4. The number of hydrogen-bond donors (Lipinski definition) is 2. The predicted octanol–water partition coefficient (Wildman–Crippen LogP) is 3.68. The largest absolute Gasteiger partial charge is 0.380 e. The number of hydrogen-bond acceptors (Lipinski definition) is 4. The highest BCUT2D eigenvalue weighted by atomic mass is 35.5. The highest BCUT2D eigenvalue weighted by Gasteiger charge is 2.03. The number of halogens is 1. The van der Waals surface area contributed by atoms with Crippen LogP contribution in [0.3, 0.4) is 0 Å². The number of anilines is 2. The Morgan fingerprint density at radius 3 is 2.84 bits per heavy atom. The van der Waals surface area contributed by atoms with E-state index in [1.807, 2.05) is 25.1 Å². The molecule has 0 spiro atoms. The van der Waals surface area contributed by atoms with E-state index in [9.17, 15) is 4.79 Å². The Hall–Kier alpha value is -1.59. The van der Waals surface area contributed by atoms with E-state index in [1.165, 1.54) is 18.3 Å². The van der Waals surface area contributed by atoms with Crippen LogP contribution in [0, 0.1) is 6.92 Å². The summed E-state index contributed by atoms with van der Waals surface area (Å²) in [5.41, 5.74) is 2.84. The zero-order valence-electron chi connectivity index (χ0n) is 10.7. The van der Waals surface area contributed by atoms with E-state index in [0.717, 1.165) is 21.8 Å². The van der Waals surface area contributed by atoms with Gasteiger partial charge in [0.05, 0.1) is 6.54 Å². The third-order valence-corrected chi connectivity index (χ3v) is 3.64. The molecule has 0 fully saturated rings. The molecule has 2 N–H and O–H groups in total. The molecule has 1 aromatic carbocycles. The summed E-state index contributed by atoms with van der Waals surface area (Å²) in [6.45, 7) is 4.14. The lowest BCUT2D eigenvalue weighted by molar-refractivity contribution is -0.114. The molecule has 19 heavy (non-hydrogen) atoms. The quantitative estimate of drug-likeness (QED) is 0.905. The summed E-state index contributed by atoms with van der Waals surface area (Å²) in [6, 6.07) is 5.81. The summed E-state index contributed by atoms with van der Waals surface area (Å²) in [5, 5.41) is 6.08. The fraction of sp³-hybridized carbons (Fsp3) is 0.231. The van der Waals surface area contributed by atoms with E-state index in [4.69, 9.17) is 11.6 Å². The molecular weight excluding hydrogens is 282 g/mol. The Morgan fingerprint density at radius 2 is 2.26 bits per heavy atom. The zero-order valence-corrected chi connectivity index (χ0v) is 12.2. The number of nitrogens with zero attached hydrogens (tertiary/aromatic N) is 1. The molecule has 0 aliphatic heterocycles. The van der Waals surface area contributed by atoms with Gasteiger partial charge in [0.15, 0.2) is 4.47 Å². The Balaban J connectivity index is 2.01. The molecule has 100 valence electrons. The minimum Gasteiger partial charge on any atom is -0.380 e. The van der Waals surface area contributed by atoms with E-state index in [1.54, 1.807) is 6.20 Å². The number of amides is 1. The third-order valence-electron chi connectivity index (χ3n) is 2.53. The summed E-state index contributed by atoms with van der Waals surface area (Å²) >= 11 is 7.23. The third kappa shape index (κ3) is 3.94. The molecule has 0 saturated heterocycles. The van der Waals surface area contributed by atoms with Crippen LogP contribution in [0.25, 0.3) is 0 Å². The van der Waals surface area contributed by atoms with Crippen LogP contribution in [0.1, 0.15) is 17.4 Å². The van der Waals surface area contributed by atoms with Crippen LogP contribution in [0.5, 0.6) is 0 Å². The number of benzene rings is 1. The molecule has 2 rings (SSSR count). The standard InChI is InChI=1S/C13H14ClN3OS/c1-8-5-10(3-4-12(8)17-9(2)18)15-6-11-7-16-13(14)19-11/h3-5,7,15H,6H2,1-2H3,(H,17,18). The van der Waals surface area contributed by atoms with E-state index >= 15 is 0 Å². The van der Waals surface area contributed by atoms with Gasteiger partial charge in [-0.05, 0) is 30.7 Å². The maximum absolute atomic E-state index is 11.0. The second-order valence-corrected chi connectivity index (χ2v) is 5.84. The van der Waals surface area contributed by atoms with Crippen molar-refractivity contribution in [1.29, 1.82) is 0 Å². The highest BCUT2D eigenvalue weighted by Crippen LogP contribution is 2.22. The first-order chi connectivity index (χ1) is 9.04. The summed E-state index contributed by atoms with van der Waals surface area (Å²) in [6.07, 6.45) is 1.76. The molecule has 0 radical (unpaired) electrons. The molecule has 0 aliphatic rings. The molecule has 0 aliphatic carbocycles. The monoisotopic (exact) mass is 295 g/mol. The van der Waals surface area contributed by atoms with Gasteiger partial charge in [-0.15, -0.1) is 11.3 Å². The van der Waals surface area contributed by atoms with Gasteiger partial charge < -0.3 is 10.6 Å². The van der Waals surface area contributed by atoms with Crippen molar-refractivity contribution in [3.05, 3.63) is 39.3 Å². The average Bonchev–Trinajstić information content (AvgIpc) is 2.75. The summed E-state index contributed by atoms with van der Waals surface area (Å²) < 4.78 is 0.550. The Labute approximate surface area is 120 Å². The molecule has 0 unspecified atom stereocenters. The van der Waals surface area contributed by atoms with Crippen molar-refractivity contribution < 1.29 is 4.79 Å². The SMILES string of the molecule is CC(=O)Nc1ccc(NCc2cnc(Cl)s2)cc1C. The first-order valence-electron chi connectivity index (χ1n) is 5.77. The lowest BCUT2D eigenvalue weighted by Gasteiger charge is -2.10. The number of aryl methyl sites for hydroxylation is 1. The van der Waals surface area contributed by atoms with Crippen LogP contribution >= 0.6 is 22.9 Å². The van der Waals surface area contributed by atoms with Crippen molar-refractivity contribution in [3.63, 3.8) is 0 Å². The van der Waals surface area contributed by atoms with E-state index in [-0.39, 0.29) is 5.91 Å². The maximum Gasteiger partial charge on any atom is 0.221 e. The van der Waals surface area contributed by atoms with E-state index in [2.05, 4.69) is 15.6 Å².